The van der Waals surface area contributed by atoms with Crippen molar-refractivity contribution in [1.82, 2.24) is 0 Å². The molecule has 4 unspecified atom stereocenters. The van der Waals surface area contributed by atoms with Gasteiger partial charge < -0.3 is 9.47 Å². The Kier molecular flexibility index (Phi) is 23.5. The number of carbonyl (C=O) groups excluding carboxylic acids is 3. The first-order chi connectivity index (χ1) is 38.9. The van der Waals surface area contributed by atoms with Crippen LogP contribution < -0.4 is 0 Å². The van der Waals surface area contributed by atoms with Gasteiger partial charge >= 0.3 is 23.8 Å². The van der Waals surface area contributed by atoms with Crippen LogP contribution >= 0.6 is 48.8 Å². The van der Waals surface area contributed by atoms with Crippen LogP contribution in [0.3, 0.4) is 0 Å². The van der Waals surface area contributed by atoms with Crippen molar-refractivity contribution >= 4 is 88.3 Å². The molecule has 5 nitrogen and oxygen atoms in total. The molecule has 1 saturated heterocycles. The van der Waals surface area contributed by atoms with Crippen molar-refractivity contribution in [3.63, 3.8) is 0 Å². The van der Waals surface area contributed by atoms with Gasteiger partial charge in [0.2, 0.25) is 0 Å². The van der Waals surface area contributed by atoms with Crippen LogP contribution in [0, 0.1) is 35.5 Å². The van der Waals surface area contributed by atoms with Gasteiger partial charge in [-0.05, 0) is 172 Å². The molecule has 0 radical (unpaired) electrons. The SMILES string of the molecule is C.C.CC(F)(F)C(=O)OC12CC3CC(C1)C(=O)C(C3)C2.CC(F)(F)C(=O)OC12CC3CC(C1)C1(SCCS1)C(C3)C2.SCCS.c1ccc([S+](c2ccccc2)c2ccccc2)cc1.c1ccc([S+](c2ccccc2)c2ccccc2)cc1. The molecule has 0 aromatic heterocycles. The smallest absolute Gasteiger partial charge is 0.377 e. The lowest BCUT2D eigenvalue weighted by Gasteiger charge is -2.62. The first-order valence-electron chi connectivity index (χ1n) is 28.0. The van der Waals surface area contributed by atoms with Crippen molar-refractivity contribution in [3.05, 3.63) is 182 Å². The maximum Gasteiger partial charge on any atom is 0.377 e. The number of thiol groups is 2. The Morgan fingerprint density at radius 2 is 0.735 bits per heavy atom. The highest BCUT2D eigenvalue weighted by atomic mass is 32.2. The van der Waals surface area contributed by atoms with E-state index in [1.165, 1.54) is 53.7 Å². The summed E-state index contributed by atoms with van der Waals surface area (Å²) >= 11 is 11.8. The average Bonchev–Trinajstić information content (AvgIpc) is 1.97. The molecule has 8 aliphatic carbocycles. The van der Waals surface area contributed by atoms with Crippen LogP contribution in [0.5, 0.6) is 0 Å². The number of rotatable bonds is 11. The van der Waals surface area contributed by atoms with Gasteiger partial charge in [-0.1, -0.05) is 124 Å². The van der Waals surface area contributed by atoms with E-state index in [4.69, 9.17) is 9.47 Å². The van der Waals surface area contributed by atoms with Gasteiger partial charge in [0, 0.05) is 37.2 Å². The van der Waals surface area contributed by atoms with Crippen LogP contribution in [0.4, 0.5) is 17.6 Å². The molecule has 15 rings (SSSR count). The lowest BCUT2D eigenvalue weighted by atomic mass is 9.53. The van der Waals surface area contributed by atoms with E-state index in [0.717, 1.165) is 43.6 Å². The predicted molar refractivity (Wildman–Crippen MR) is 343 cm³/mol. The fraction of sp³-hybridized carbons (Fsp3) is 0.426. The number of alkyl halides is 4. The molecule has 9 aliphatic rings. The third-order valence-electron chi connectivity index (χ3n) is 16.3. The normalized spacial score (nSPS) is 25.3. The Bertz CT molecular complexity index is 2620. The topological polar surface area (TPSA) is 69.7 Å². The fourth-order valence-corrected chi connectivity index (χ4v) is 21.4. The van der Waals surface area contributed by atoms with E-state index in [1.807, 2.05) is 0 Å². The molecule has 6 aromatic rings. The number of benzene rings is 6. The molecular weight excluding hydrogens is 1170 g/mol. The molecular formula is C68H80F4O5S6+2. The predicted octanol–water partition coefficient (Wildman–Crippen LogP) is 18.0. The summed E-state index contributed by atoms with van der Waals surface area (Å²) in [6.45, 7) is 1.20. The summed E-state index contributed by atoms with van der Waals surface area (Å²) in [7, 11) is -0.0293. The molecule has 1 aliphatic heterocycles. The molecule has 1 heterocycles. The van der Waals surface area contributed by atoms with Crippen molar-refractivity contribution in [2.45, 2.75) is 149 Å². The third-order valence-corrected chi connectivity index (χ3v) is 25.5. The average molecular weight is 1250 g/mol. The van der Waals surface area contributed by atoms with Gasteiger partial charge in [-0.15, -0.1) is 23.5 Å². The van der Waals surface area contributed by atoms with Crippen LogP contribution in [-0.4, -0.2) is 67.9 Å². The van der Waals surface area contributed by atoms with E-state index >= 15 is 0 Å². The Labute approximate surface area is 516 Å². The second-order valence-corrected chi connectivity index (χ2v) is 30.3. The van der Waals surface area contributed by atoms with E-state index in [1.54, 1.807) is 0 Å². The summed E-state index contributed by atoms with van der Waals surface area (Å²) in [4.78, 5) is 43.1. The number of esters is 2. The Hall–Kier alpha value is -4.25. The standard InChI is InChI=1S/2C18H15S.C15H20F2O2S2.C13H16F2O3.C2H6S2.2CH4/c2*1-4-10-16(11-5-1)19(17-12-6-2-7-13-17)18-14-8-3-9-15-18;1-13(16,17)12(18)19-14-6-9-4-10(7-14)15(11(5-9)8-14)20-2-3-21-15;1-12(14,15)11(17)18-13-4-7-2-8(5-13)10(16)9(3-7)6-13;3-1-2-4;;/h2*1-15H;9-11H,2-8H2,1H3;7-9H,2-6H2,1H3;3-4H,1-2H2;2*1H4/q2*+1;;;;;. The van der Waals surface area contributed by atoms with E-state index in [-0.39, 0.29) is 54.3 Å². The van der Waals surface area contributed by atoms with Crippen LogP contribution in [0.25, 0.3) is 0 Å². The van der Waals surface area contributed by atoms with Crippen molar-refractivity contribution < 1.29 is 41.4 Å². The van der Waals surface area contributed by atoms with Gasteiger partial charge in [0.15, 0.2) is 29.4 Å². The summed E-state index contributed by atoms with van der Waals surface area (Å²) in [6.07, 6.45) is 8.00. The minimum atomic E-state index is -3.45. The van der Waals surface area contributed by atoms with Crippen LogP contribution in [-0.2, 0) is 45.6 Å². The Morgan fingerprint density at radius 1 is 0.470 bits per heavy atom. The monoisotopic (exact) mass is 1240 g/mol. The minimum absolute atomic E-state index is 0. The highest BCUT2D eigenvalue weighted by Crippen LogP contribution is 2.70. The largest absolute Gasteiger partial charge is 0.455 e. The lowest BCUT2D eigenvalue weighted by Crippen LogP contribution is -2.62. The number of hydrogen-bond donors (Lipinski definition) is 2. The van der Waals surface area contributed by atoms with Gasteiger partial charge in [-0.25, -0.2) is 9.59 Å². The van der Waals surface area contributed by atoms with Gasteiger partial charge in [-0.3, -0.25) is 4.79 Å². The van der Waals surface area contributed by atoms with E-state index in [9.17, 15) is 31.9 Å². The maximum absolute atomic E-state index is 13.2. The highest BCUT2D eigenvalue weighted by Gasteiger charge is 2.66. The number of ether oxygens (including phenoxy) is 2. The van der Waals surface area contributed by atoms with E-state index < -0.39 is 35.0 Å². The van der Waals surface area contributed by atoms with Crippen molar-refractivity contribution in [2.24, 2.45) is 35.5 Å². The maximum atomic E-state index is 13.2. The Morgan fingerprint density at radius 3 is 1.00 bits per heavy atom. The quantitative estimate of drug-likeness (QED) is 0.0580. The molecule has 0 N–H and O–H groups in total. The molecule has 15 heteroatoms. The van der Waals surface area contributed by atoms with Crippen LogP contribution in [0.2, 0.25) is 0 Å². The van der Waals surface area contributed by atoms with Crippen LogP contribution in [0.1, 0.15) is 92.9 Å². The Balaban J connectivity index is 0.000000155. The number of carbonyl (C=O) groups is 3. The number of thioether (sulfide) groups is 2. The number of hydrogen-bond acceptors (Lipinski definition) is 9. The molecule has 83 heavy (non-hydrogen) atoms. The number of halogens is 4. The van der Waals surface area contributed by atoms with Crippen molar-refractivity contribution in [1.29, 1.82) is 0 Å². The summed E-state index contributed by atoms with van der Waals surface area (Å²) in [5, 5.41) is 0. The van der Waals surface area contributed by atoms with Crippen LogP contribution in [0.15, 0.2) is 211 Å². The van der Waals surface area contributed by atoms with Crippen molar-refractivity contribution in [3.8, 4) is 0 Å². The molecule has 8 saturated carbocycles. The first-order valence-corrected chi connectivity index (χ1v) is 33.7. The summed E-state index contributed by atoms with van der Waals surface area (Å²) in [6, 6.07) is 64.3. The lowest BCUT2D eigenvalue weighted by molar-refractivity contribution is -0.208. The van der Waals surface area contributed by atoms with E-state index in [0.29, 0.717) is 60.9 Å². The molecule has 9 fully saturated rings. The number of ketones is 1. The van der Waals surface area contributed by atoms with Gasteiger partial charge in [0.25, 0.3) is 0 Å². The first kappa shape index (κ1) is 66.3. The van der Waals surface area contributed by atoms with Gasteiger partial charge in [-0.2, -0.15) is 42.8 Å². The second-order valence-electron chi connectivity index (χ2n) is 22.4. The van der Waals surface area contributed by atoms with E-state index in [2.05, 4.69) is 231 Å². The van der Waals surface area contributed by atoms with Crippen molar-refractivity contribution in [2.75, 3.05) is 23.0 Å². The second kappa shape index (κ2) is 29.4. The number of Topliss-reactive ketones (excluding diaryl/α,β-unsaturated/α-hetero) is 1. The molecule has 0 amide bonds. The zero-order chi connectivity index (χ0) is 57.3. The molecule has 444 valence electrons. The summed E-state index contributed by atoms with van der Waals surface area (Å²) in [5.74, 6) is -3.38. The minimum Gasteiger partial charge on any atom is -0.455 e. The molecule has 6 aromatic carbocycles. The molecule has 1 spiro atoms. The summed E-state index contributed by atoms with van der Waals surface area (Å²) in [5.41, 5.74) is -1.39. The van der Waals surface area contributed by atoms with Gasteiger partial charge in [0.05, 0.1) is 25.9 Å². The fourth-order valence-electron chi connectivity index (χ4n) is 13.4. The zero-order valence-corrected chi connectivity index (χ0v) is 50.8. The van der Waals surface area contributed by atoms with Gasteiger partial charge in [0.1, 0.15) is 17.0 Å². The highest BCUT2D eigenvalue weighted by molar-refractivity contribution is 8.21. The zero-order valence-electron chi connectivity index (χ0n) is 45.8. The summed E-state index contributed by atoms with van der Waals surface area (Å²) < 4.78 is 63.1. The molecule has 8 bridgehead atoms. The molecule has 4 atom stereocenters. The third kappa shape index (κ3) is 16.2.